The highest BCUT2D eigenvalue weighted by Gasteiger charge is 2.09. The molecule has 0 saturated carbocycles. The molecule has 68 valence electrons. The van der Waals surface area contributed by atoms with Crippen molar-refractivity contribution in [3.63, 3.8) is 0 Å². The molecule has 3 nitrogen and oxygen atoms in total. The standard InChI is InChI=1S/C7H14O3.ClH/c1-3-4-5-10-6(2)7(8)9;/h6H,3-5H2,1-2H3,(H,8,9);1H. The first-order valence-corrected chi connectivity index (χ1v) is 3.53. The highest BCUT2D eigenvalue weighted by atomic mass is 35.5. The van der Waals surface area contributed by atoms with Crippen LogP contribution in [0.1, 0.15) is 26.7 Å². The number of unbranched alkanes of at least 4 members (excludes halogenated alkanes) is 1. The first-order chi connectivity index (χ1) is 4.68. The van der Waals surface area contributed by atoms with Crippen molar-refractivity contribution in [2.24, 2.45) is 0 Å². The van der Waals surface area contributed by atoms with Crippen LogP contribution in [0.2, 0.25) is 0 Å². The van der Waals surface area contributed by atoms with Gasteiger partial charge in [0.2, 0.25) is 0 Å². The van der Waals surface area contributed by atoms with E-state index in [1.54, 1.807) is 0 Å². The van der Waals surface area contributed by atoms with Gasteiger partial charge in [-0.1, -0.05) is 13.3 Å². The van der Waals surface area contributed by atoms with E-state index in [1.807, 2.05) is 6.92 Å². The summed E-state index contributed by atoms with van der Waals surface area (Å²) in [6, 6.07) is 0. The fraction of sp³-hybridized carbons (Fsp3) is 0.857. The minimum absolute atomic E-state index is 0. The number of aliphatic carboxylic acids is 1. The second-order valence-electron chi connectivity index (χ2n) is 2.20. The fourth-order valence-electron chi connectivity index (χ4n) is 0.476. The number of hydrogen-bond acceptors (Lipinski definition) is 2. The average Bonchev–Trinajstić information content (AvgIpc) is 1.88. The van der Waals surface area contributed by atoms with Gasteiger partial charge in [0.25, 0.3) is 0 Å². The zero-order chi connectivity index (χ0) is 7.98. The Morgan fingerprint density at radius 1 is 1.64 bits per heavy atom. The van der Waals surface area contributed by atoms with Crippen LogP contribution in [0.4, 0.5) is 0 Å². The molecule has 1 atom stereocenters. The minimum Gasteiger partial charge on any atom is -0.479 e. The van der Waals surface area contributed by atoms with E-state index in [0.29, 0.717) is 6.61 Å². The minimum atomic E-state index is -0.892. The largest absolute Gasteiger partial charge is 0.479 e. The van der Waals surface area contributed by atoms with Gasteiger partial charge in [-0.2, -0.15) is 0 Å². The number of rotatable bonds is 5. The lowest BCUT2D eigenvalue weighted by molar-refractivity contribution is -0.149. The maximum absolute atomic E-state index is 10.2. The molecule has 0 aromatic heterocycles. The molecule has 0 aromatic carbocycles. The van der Waals surface area contributed by atoms with Crippen LogP contribution in [0, 0.1) is 0 Å². The predicted octanol–water partition coefficient (Wildman–Crippen LogP) is 1.70. The Kier molecular flexibility index (Phi) is 9.47. The highest BCUT2D eigenvalue weighted by molar-refractivity contribution is 5.85. The van der Waals surface area contributed by atoms with Crippen molar-refractivity contribution in [3.05, 3.63) is 0 Å². The molecule has 0 fully saturated rings. The first-order valence-electron chi connectivity index (χ1n) is 3.53. The molecule has 4 heteroatoms. The molecule has 11 heavy (non-hydrogen) atoms. The van der Waals surface area contributed by atoms with E-state index in [0.717, 1.165) is 12.8 Å². The van der Waals surface area contributed by atoms with E-state index < -0.39 is 12.1 Å². The van der Waals surface area contributed by atoms with Crippen molar-refractivity contribution in [2.75, 3.05) is 6.61 Å². The lowest BCUT2D eigenvalue weighted by Gasteiger charge is -2.06. The van der Waals surface area contributed by atoms with Crippen molar-refractivity contribution in [3.8, 4) is 0 Å². The van der Waals surface area contributed by atoms with Crippen LogP contribution < -0.4 is 0 Å². The Labute approximate surface area is 73.2 Å². The molecule has 0 bridgehead atoms. The van der Waals surface area contributed by atoms with Crippen LogP contribution in [0.5, 0.6) is 0 Å². The number of carbonyl (C=O) groups is 1. The third-order valence-electron chi connectivity index (χ3n) is 1.21. The number of carboxylic acids is 1. The Balaban J connectivity index is 0. The normalized spacial score (nSPS) is 11.8. The van der Waals surface area contributed by atoms with E-state index in [9.17, 15) is 4.79 Å². The van der Waals surface area contributed by atoms with Crippen LogP contribution in [0.25, 0.3) is 0 Å². The zero-order valence-corrected chi connectivity index (χ0v) is 7.69. The summed E-state index contributed by atoms with van der Waals surface area (Å²) in [5, 5.41) is 8.36. The molecule has 0 heterocycles. The summed E-state index contributed by atoms with van der Waals surface area (Å²) in [5.41, 5.74) is 0. The molecule has 0 spiro atoms. The number of carboxylic acid groups (broad SMARTS) is 1. The van der Waals surface area contributed by atoms with Crippen LogP contribution in [-0.2, 0) is 9.53 Å². The molecule has 0 radical (unpaired) electrons. The number of hydrogen-bond donors (Lipinski definition) is 1. The Morgan fingerprint density at radius 2 is 2.18 bits per heavy atom. The predicted molar refractivity (Wildman–Crippen MR) is 45.2 cm³/mol. The van der Waals surface area contributed by atoms with Crippen molar-refractivity contribution >= 4 is 18.4 Å². The Morgan fingerprint density at radius 3 is 2.55 bits per heavy atom. The molecular formula is C7H15ClO3. The van der Waals surface area contributed by atoms with Crippen molar-refractivity contribution in [1.82, 2.24) is 0 Å². The molecular weight excluding hydrogens is 168 g/mol. The average molecular weight is 183 g/mol. The van der Waals surface area contributed by atoms with Crippen LogP contribution in [0.3, 0.4) is 0 Å². The highest BCUT2D eigenvalue weighted by Crippen LogP contribution is 1.94. The molecule has 1 unspecified atom stereocenters. The lowest BCUT2D eigenvalue weighted by Crippen LogP contribution is -2.20. The van der Waals surface area contributed by atoms with Gasteiger partial charge in [-0.25, -0.2) is 4.79 Å². The number of halogens is 1. The third kappa shape index (κ3) is 7.62. The van der Waals surface area contributed by atoms with Crippen LogP contribution in [0.15, 0.2) is 0 Å². The molecule has 0 amide bonds. The van der Waals surface area contributed by atoms with E-state index >= 15 is 0 Å². The topological polar surface area (TPSA) is 46.5 Å². The van der Waals surface area contributed by atoms with Gasteiger partial charge in [-0.3, -0.25) is 0 Å². The molecule has 0 rings (SSSR count). The summed E-state index contributed by atoms with van der Waals surface area (Å²) >= 11 is 0. The quantitative estimate of drug-likeness (QED) is 0.659. The SMILES string of the molecule is CCCCOC(C)C(=O)O.Cl. The summed E-state index contributed by atoms with van der Waals surface area (Å²) < 4.78 is 4.94. The molecule has 0 aliphatic rings. The summed E-state index contributed by atoms with van der Waals surface area (Å²) in [7, 11) is 0. The molecule has 0 aliphatic carbocycles. The summed E-state index contributed by atoms with van der Waals surface area (Å²) in [5.74, 6) is -0.892. The second-order valence-corrected chi connectivity index (χ2v) is 2.20. The van der Waals surface area contributed by atoms with Crippen molar-refractivity contribution < 1.29 is 14.6 Å². The molecule has 1 N–H and O–H groups in total. The Hall–Kier alpha value is -0.280. The summed E-state index contributed by atoms with van der Waals surface area (Å²) in [6.45, 7) is 4.12. The van der Waals surface area contributed by atoms with Gasteiger partial charge in [-0.15, -0.1) is 12.4 Å². The monoisotopic (exact) mass is 182 g/mol. The van der Waals surface area contributed by atoms with E-state index in [-0.39, 0.29) is 12.4 Å². The van der Waals surface area contributed by atoms with E-state index in [2.05, 4.69) is 0 Å². The van der Waals surface area contributed by atoms with Gasteiger partial charge in [0.1, 0.15) is 0 Å². The molecule has 0 aliphatic heterocycles. The smallest absolute Gasteiger partial charge is 0.332 e. The van der Waals surface area contributed by atoms with Gasteiger partial charge in [0.15, 0.2) is 6.10 Å². The van der Waals surface area contributed by atoms with E-state index in [4.69, 9.17) is 9.84 Å². The lowest BCUT2D eigenvalue weighted by atomic mass is 10.3. The first kappa shape index (κ1) is 13.3. The zero-order valence-electron chi connectivity index (χ0n) is 6.87. The van der Waals surface area contributed by atoms with Crippen LogP contribution in [-0.4, -0.2) is 23.8 Å². The van der Waals surface area contributed by atoms with Gasteiger partial charge in [0, 0.05) is 6.61 Å². The van der Waals surface area contributed by atoms with Gasteiger partial charge < -0.3 is 9.84 Å². The second kappa shape index (κ2) is 7.82. The Bertz CT molecular complexity index is 106. The molecule has 0 aromatic rings. The third-order valence-corrected chi connectivity index (χ3v) is 1.21. The maximum atomic E-state index is 10.2. The van der Waals surface area contributed by atoms with Crippen molar-refractivity contribution in [1.29, 1.82) is 0 Å². The summed E-state index contributed by atoms with van der Waals surface area (Å²) in [6.07, 6.45) is 1.30. The van der Waals surface area contributed by atoms with Crippen LogP contribution >= 0.6 is 12.4 Å². The van der Waals surface area contributed by atoms with Gasteiger partial charge in [0.05, 0.1) is 0 Å². The van der Waals surface area contributed by atoms with Gasteiger partial charge >= 0.3 is 5.97 Å². The number of ether oxygens (including phenoxy) is 1. The fourth-order valence-corrected chi connectivity index (χ4v) is 0.476. The maximum Gasteiger partial charge on any atom is 0.332 e. The summed E-state index contributed by atoms with van der Waals surface area (Å²) in [4.78, 5) is 10.2. The van der Waals surface area contributed by atoms with Gasteiger partial charge in [-0.05, 0) is 13.3 Å². The van der Waals surface area contributed by atoms with Crippen molar-refractivity contribution in [2.45, 2.75) is 32.8 Å². The van der Waals surface area contributed by atoms with E-state index in [1.165, 1.54) is 6.92 Å². The molecule has 0 saturated heterocycles.